The van der Waals surface area contributed by atoms with Crippen molar-refractivity contribution in [2.75, 3.05) is 7.05 Å². The van der Waals surface area contributed by atoms with Gasteiger partial charge < -0.3 is 15.0 Å². The van der Waals surface area contributed by atoms with Crippen molar-refractivity contribution in [1.29, 1.82) is 0 Å². The van der Waals surface area contributed by atoms with Crippen LogP contribution in [0, 0.1) is 0 Å². The van der Waals surface area contributed by atoms with Gasteiger partial charge in [-0.15, -0.1) is 0 Å². The number of amides is 2. The van der Waals surface area contributed by atoms with Gasteiger partial charge in [0.2, 0.25) is 0 Å². The van der Waals surface area contributed by atoms with Crippen molar-refractivity contribution in [1.82, 2.24) is 15.2 Å². The van der Waals surface area contributed by atoms with Gasteiger partial charge in [0.05, 0.1) is 12.2 Å². The van der Waals surface area contributed by atoms with Gasteiger partial charge in [-0.25, -0.2) is 4.79 Å². The average molecular weight is 331 g/mol. The molecule has 0 atom stereocenters. The van der Waals surface area contributed by atoms with Crippen LogP contribution in [0.1, 0.15) is 67.8 Å². The minimum atomic E-state index is -0.540. The van der Waals surface area contributed by atoms with E-state index >= 15 is 0 Å². The van der Waals surface area contributed by atoms with Gasteiger partial charge >= 0.3 is 6.09 Å². The van der Waals surface area contributed by atoms with Crippen LogP contribution in [0.5, 0.6) is 0 Å². The monoisotopic (exact) mass is 331 g/mol. The Bertz CT molecular complexity index is 702. The molecule has 0 radical (unpaired) electrons. The van der Waals surface area contributed by atoms with Crippen LogP contribution in [0.3, 0.4) is 0 Å². The van der Waals surface area contributed by atoms with E-state index < -0.39 is 11.7 Å². The standard InChI is InChI=1S/C18H25N3O3/c1-17(2,3)24-16(23)21(5)10-13-12-9-19-15(22)11(12)8-14(20-13)18(4)6-7-18/h8H,6-7,9-10H2,1-5H3,(H,19,22). The molecule has 0 spiro atoms. The van der Waals surface area contributed by atoms with Crippen molar-refractivity contribution in [3.8, 4) is 0 Å². The van der Waals surface area contributed by atoms with Crippen LogP contribution < -0.4 is 5.32 Å². The molecule has 1 aromatic rings. The van der Waals surface area contributed by atoms with Crippen LogP contribution in [0.25, 0.3) is 0 Å². The first kappa shape index (κ1) is 16.7. The van der Waals surface area contributed by atoms with Crippen molar-refractivity contribution < 1.29 is 14.3 Å². The number of rotatable bonds is 3. The predicted octanol–water partition coefficient (Wildman–Crippen LogP) is 2.74. The third kappa shape index (κ3) is 3.23. The molecule has 1 aliphatic heterocycles. The summed E-state index contributed by atoms with van der Waals surface area (Å²) in [6.45, 7) is 8.48. The molecular weight excluding hydrogens is 306 g/mol. The Balaban J connectivity index is 1.88. The number of pyridine rings is 1. The first-order chi connectivity index (χ1) is 11.1. The van der Waals surface area contributed by atoms with Crippen LogP contribution in [-0.2, 0) is 23.2 Å². The van der Waals surface area contributed by atoms with Crippen molar-refractivity contribution >= 4 is 12.0 Å². The van der Waals surface area contributed by atoms with Crippen LogP contribution >= 0.6 is 0 Å². The van der Waals surface area contributed by atoms with E-state index in [1.54, 1.807) is 7.05 Å². The van der Waals surface area contributed by atoms with Gasteiger partial charge in [-0.05, 0) is 39.7 Å². The lowest BCUT2D eigenvalue weighted by molar-refractivity contribution is 0.0282. The molecule has 6 nitrogen and oxygen atoms in total. The third-order valence-corrected chi connectivity index (χ3v) is 4.59. The second-order valence-corrected chi connectivity index (χ2v) is 8.06. The number of aromatic nitrogens is 1. The second-order valence-electron chi connectivity index (χ2n) is 8.06. The van der Waals surface area contributed by atoms with Gasteiger partial charge in [0, 0.05) is 35.8 Å². The fourth-order valence-electron chi connectivity index (χ4n) is 2.80. The molecule has 2 aliphatic rings. The van der Waals surface area contributed by atoms with Crippen molar-refractivity contribution in [3.63, 3.8) is 0 Å². The van der Waals surface area contributed by atoms with Gasteiger partial charge in [0.25, 0.3) is 5.91 Å². The molecule has 0 bridgehead atoms. The predicted molar refractivity (Wildman–Crippen MR) is 89.7 cm³/mol. The number of nitrogens with zero attached hydrogens (tertiary/aromatic N) is 2. The lowest BCUT2D eigenvalue weighted by atomic mass is 9.99. The number of hydrogen-bond donors (Lipinski definition) is 1. The Morgan fingerprint density at radius 1 is 1.42 bits per heavy atom. The minimum absolute atomic E-state index is 0.0564. The number of carbonyl (C=O) groups is 2. The van der Waals surface area contributed by atoms with Gasteiger partial charge in [0.15, 0.2) is 0 Å². The van der Waals surface area contributed by atoms with E-state index in [1.165, 1.54) is 4.90 Å². The maximum Gasteiger partial charge on any atom is 0.410 e. The topological polar surface area (TPSA) is 71.5 Å². The molecule has 24 heavy (non-hydrogen) atoms. The lowest BCUT2D eigenvalue weighted by Gasteiger charge is -2.25. The lowest BCUT2D eigenvalue weighted by Crippen LogP contribution is -2.34. The van der Waals surface area contributed by atoms with Crippen molar-refractivity contribution in [2.45, 2.75) is 64.6 Å². The van der Waals surface area contributed by atoms with Crippen molar-refractivity contribution in [2.24, 2.45) is 0 Å². The Hall–Kier alpha value is -2.11. The van der Waals surface area contributed by atoms with Gasteiger partial charge in [-0.2, -0.15) is 0 Å². The summed E-state index contributed by atoms with van der Waals surface area (Å²) in [7, 11) is 1.69. The molecule has 1 aromatic heterocycles. The van der Waals surface area contributed by atoms with E-state index in [1.807, 2.05) is 26.8 Å². The van der Waals surface area contributed by atoms with E-state index in [9.17, 15) is 9.59 Å². The molecule has 1 N–H and O–H groups in total. The molecule has 0 aromatic carbocycles. The van der Waals surface area contributed by atoms with Gasteiger partial charge in [0.1, 0.15) is 5.60 Å². The van der Waals surface area contributed by atoms with Crippen molar-refractivity contribution in [3.05, 3.63) is 28.6 Å². The summed E-state index contributed by atoms with van der Waals surface area (Å²) < 4.78 is 5.40. The highest BCUT2D eigenvalue weighted by Crippen LogP contribution is 2.47. The maximum atomic E-state index is 12.2. The van der Waals surface area contributed by atoms with E-state index in [4.69, 9.17) is 9.72 Å². The number of ether oxygens (including phenoxy) is 1. The fourth-order valence-corrected chi connectivity index (χ4v) is 2.80. The fraction of sp³-hybridized carbons (Fsp3) is 0.611. The van der Waals surface area contributed by atoms with Crippen LogP contribution in [0.2, 0.25) is 0 Å². The summed E-state index contributed by atoms with van der Waals surface area (Å²) in [5.74, 6) is -0.0564. The Labute approximate surface area is 142 Å². The Morgan fingerprint density at radius 3 is 2.67 bits per heavy atom. The second kappa shape index (κ2) is 5.46. The first-order valence-electron chi connectivity index (χ1n) is 8.35. The first-order valence-corrected chi connectivity index (χ1v) is 8.35. The van der Waals surface area contributed by atoms with Gasteiger partial charge in [-0.3, -0.25) is 9.78 Å². The SMILES string of the molecule is CN(Cc1nc(C2(C)CC2)cc2c1CNC2=O)C(=O)OC(C)(C)C. The van der Waals surface area contributed by atoms with E-state index in [-0.39, 0.29) is 11.3 Å². The molecule has 6 heteroatoms. The molecule has 0 saturated heterocycles. The summed E-state index contributed by atoms with van der Waals surface area (Å²) >= 11 is 0. The molecule has 1 aliphatic carbocycles. The smallest absolute Gasteiger partial charge is 0.410 e. The largest absolute Gasteiger partial charge is 0.444 e. The molecule has 2 heterocycles. The number of carbonyl (C=O) groups excluding carboxylic acids is 2. The zero-order valence-corrected chi connectivity index (χ0v) is 15.0. The number of fused-ring (bicyclic) bond motifs is 1. The molecule has 1 saturated carbocycles. The van der Waals surface area contributed by atoms with Gasteiger partial charge in [-0.1, -0.05) is 6.92 Å². The molecule has 130 valence electrons. The zero-order valence-electron chi connectivity index (χ0n) is 15.0. The third-order valence-electron chi connectivity index (χ3n) is 4.59. The van der Waals surface area contributed by atoms with Crippen LogP contribution in [-0.4, -0.2) is 34.5 Å². The summed E-state index contributed by atoms with van der Waals surface area (Å²) in [4.78, 5) is 30.6. The summed E-state index contributed by atoms with van der Waals surface area (Å²) in [5.41, 5.74) is 2.84. The summed E-state index contributed by atoms with van der Waals surface area (Å²) in [6.07, 6.45) is 1.78. The maximum absolute atomic E-state index is 12.2. The highest BCUT2D eigenvalue weighted by atomic mass is 16.6. The highest BCUT2D eigenvalue weighted by Gasteiger charge is 2.42. The zero-order chi connectivity index (χ0) is 17.7. The summed E-state index contributed by atoms with van der Waals surface area (Å²) in [6, 6.07) is 1.92. The molecule has 1 fully saturated rings. The minimum Gasteiger partial charge on any atom is -0.444 e. The summed E-state index contributed by atoms with van der Waals surface area (Å²) in [5, 5.41) is 2.85. The highest BCUT2D eigenvalue weighted by molar-refractivity contribution is 5.98. The van der Waals surface area contributed by atoms with E-state index in [2.05, 4.69) is 12.2 Å². The van der Waals surface area contributed by atoms with Crippen LogP contribution in [0.15, 0.2) is 6.07 Å². The average Bonchev–Trinajstić information content (AvgIpc) is 3.11. The molecular formula is C18H25N3O3. The van der Waals surface area contributed by atoms with E-state index in [0.29, 0.717) is 18.7 Å². The quantitative estimate of drug-likeness (QED) is 0.924. The van der Waals surface area contributed by atoms with E-state index in [0.717, 1.165) is 29.8 Å². The molecule has 2 amide bonds. The molecule has 3 rings (SSSR count). The normalized spacial score (nSPS) is 18.0. The van der Waals surface area contributed by atoms with Crippen LogP contribution in [0.4, 0.5) is 4.79 Å². The Kier molecular flexibility index (Phi) is 3.81. The Morgan fingerprint density at radius 2 is 2.08 bits per heavy atom. The molecule has 0 unspecified atom stereocenters. The number of nitrogens with one attached hydrogen (secondary N) is 1. The number of hydrogen-bond acceptors (Lipinski definition) is 4.